The second-order valence-corrected chi connectivity index (χ2v) is 7.34. The molecule has 0 fully saturated rings. The van der Waals surface area contributed by atoms with Gasteiger partial charge in [0.2, 0.25) is 0 Å². The van der Waals surface area contributed by atoms with Gasteiger partial charge in [-0.1, -0.05) is 68.4 Å². The van der Waals surface area contributed by atoms with Gasteiger partial charge in [-0.25, -0.2) is 0 Å². The van der Waals surface area contributed by atoms with Crippen molar-refractivity contribution in [2.75, 3.05) is 5.75 Å². The van der Waals surface area contributed by atoms with Crippen molar-refractivity contribution in [3.63, 3.8) is 0 Å². The minimum absolute atomic E-state index is 0.0436. The molecule has 29 heavy (non-hydrogen) atoms. The van der Waals surface area contributed by atoms with E-state index < -0.39 is 24.0 Å². The van der Waals surface area contributed by atoms with Crippen LogP contribution in [0, 0.1) is 5.92 Å². The van der Waals surface area contributed by atoms with Gasteiger partial charge < -0.3 is 15.9 Å². The zero-order chi connectivity index (χ0) is 21.9. The number of aliphatic hydroxyl groups excluding tert-OH is 1. The molecule has 0 rings (SSSR count). The molecule has 0 aliphatic rings. The number of thiol groups is 1. The van der Waals surface area contributed by atoms with Crippen LogP contribution in [0.25, 0.3) is 0 Å². The fraction of sp³-hybridized carbons (Fsp3) is 0.565. The monoisotopic (exact) mass is 423 g/mol. The molecule has 0 spiro atoms. The Balaban J connectivity index is 4.58. The van der Waals surface area contributed by atoms with E-state index in [1.807, 2.05) is 18.2 Å². The van der Waals surface area contributed by atoms with E-state index in [4.69, 9.17) is 10.8 Å². The Bertz CT molecular complexity index is 569. The van der Waals surface area contributed by atoms with Gasteiger partial charge in [0, 0.05) is 12.2 Å². The lowest BCUT2D eigenvalue weighted by molar-refractivity contribution is -0.137. The van der Waals surface area contributed by atoms with E-state index >= 15 is 0 Å². The van der Waals surface area contributed by atoms with E-state index in [9.17, 15) is 14.7 Å². The summed E-state index contributed by atoms with van der Waals surface area (Å²) in [6, 6.07) is -0.768. The molecule has 0 saturated heterocycles. The van der Waals surface area contributed by atoms with Crippen LogP contribution < -0.4 is 5.73 Å². The van der Waals surface area contributed by atoms with Gasteiger partial charge in [-0.2, -0.15) is 12.6 Å². The van der Waals surface area contributed by atoms with E-state index in [1.165, 1.54) is 19.3 Å². The third kappa shape index (κ3) is 14.9. The van der Waals surface area contributed by atoms with Gasteiger partial charge in [0.1, 0.15) is 0 Å². The number of hydrogen-bond donors (Lipinski definition) is 4. The highest BCUT2D eigenvalue weighted by molar-refractivity contribution is 7.80. The number of carboxylic acid groups (broad SMARTS) is 1. The summed E-state index contributed by atoms with van der Waals surface area (Å²) in [6.45, 7) is 2.19. The zero-order valence-electron chi connectivity index (χ0n) is 17.5. The predicted octanol–water partition coefficient (Wildman–Crippen LogP) is 4.24. The van der Waals surface area contributed by atoms with Gasteiger partial charge >= 0.3 is 5.97 Å². The molecule has 164 valence electrons. The molecule has 0 aromatic heterocycles. The number of aliphatic carboxylic acids is 1. The number of rotatable bonds is 17. The van der Waals surface area contributed by atoms with E-state index in [2.05, 4.69) is 31.7 Å². The molecule has 0 aliphatic carbocycles. The summed E-state index contributed by atoms with van der Waals surface area (Å²) < 4.78 is 0. The number of hydrogen-bond acceptors (Lipinski definition) is 5. The summed E-state index contributed by atoms with van der Waals surface area (Å²) in [5.41, 5.74) is 5.77. The van der Waals surface area contributed by atoms with E-state index in [1.54, 1.807) is 18.2 Å². The first-order chi connectivity index (χ1) is 13.9. The maximum atomic E-state index is 12.4. The number of Topliss-reactive ketones (excluding diaryl/α,β-unsaturated/α-hetero) is 1. The van der Waals surface area contributed by atoms with Crippen LogP contribution in [0.2, 0.25) is 0 Å². The summed E-state index contributed by atoms with van der Waals surface area (Å²) in [4.78, 5) is 23.0. The SMILES string of the molecule is CCCCC/C=C\C\C=C/C=C/C=C/[C@@H](C(=O)[C@H](N)CS)[C@@H](O)CCCC(=O)O. The maximum absolute atomic E-state index is 12.4. The van der Waals surface area contributed by atoms with Crippen LogP contribution in [-0.4, -0.2) is 39.9 Å². The number of allylic oxidation sites excluding steroid dienone is 7. The zero-order valence-corrected chi connectivity index (χ0v) is 18.3. The summed E-state index contributed by atoms with van der Waals surface area (Å²) in [5, 5.41) is 19.0. The average Bonchev–Trinajstić information content (AvgIpc) is 2.70. The standard InChI is InChI=1S/C23H37NO4S/c1-2-3-4-5-6-7-8-9-10-11-12-13-15-19(23(28)20(24)18-29)21(25)16-14-17-22(26)27/h6-7,9-13,15,19-21,25,29H,2-5,8,14,16-18,24H2,1H3,(H,26,27)/b7-6-,10-9-,12-11+,15-13+/t19-,20-,21+/m1/s1. The quantitative estimate of drug-likeness (QED) is 0.121. The second-order valence-electron chi connectivity index (χ2n) is 6.97. The lowest BCUT2D eigenvalue weighted by atomic mass is 9.90. The maximum Gasteiger partial charge on any atom is 0.303 e. The number of carbonyl (C=O) groups excluding carboxylic acids is 1. The molecule has 0 aromatic rings. The summed E-state index contributed by atoms with van der Waals surface area (Å²) in [7, 11) is 0. The van der Waals surface area contributed by atoms with Gasteiger partial charge in [0.15, 0.2) is 5.78 Å². The Morgan fingerprint density at radius 1 is 1.03 bits per heavy atom. The molecule has 4 N–H and O–H groups in total. The first kappa shape index (κ1) is 27.4. The van der Waals surface area contributed by atoms with Crippen molar-refractivity contribution in [3.8, 4) is 0 Å². The lowest BCUT2D eigenvalue weighted by Crippen LogP contribution is -2.41. The fourth-order valence-corrected chi connectivity index (χ4v) is 2.85. The van der Waals surface area contributed by atoms with Crippen molar-refractivity contribution in [2.24, 2.45) is 11.7 Å². The molecule has 0 heterocycles. The third-order valence-corrected chi connectivity index (χ3v) is 4.79. The summed E-state index contributed by atoms with van der Waals surface area (Å²) >= 11 is 4.05. The van der Waals surface area contributed by atoms with Crippen molar-refractivity contribution in [2.45, 2.75) is 70.4 Å². The number of unbranched alkanes of at least 4 members (excludes halogenated alkanes) is 3. The van der Waals surface area contributed by atoms with Gasteiger partial charge in [-0.15, -0.1) is 0 Å². The molecule has 0 aliphatic heterocycles. The van der Waals surface area contributed by atoms with Crippen LogP contribution in [0.4, 0.5) is 0 Å². The van der Waals surface area contributed by atoms with Crippen molar-refractivity contribution < 1.29 is 19.8 Å². The largest absolute Gasteiger partial charge is 0.481 e. The van der Waals surface area contributed by atoms with Crippen LogP contribution in [-0.2, 0) is 9.59 Å². The van der Waals surface area contributed by atoms with E-state index in [0.29, 0.717) is 6.42 Å². The average molecular weight is 424 g/mol. The Morgan fingerprint density at radius 2 is 1.76 bits per heavy atom. The van der Waals surface area contributed by atoms with Crippen LogP contribution >= 0.6 is 12.6 Å². The highest BCUT2D eigenvalue weighted by Crippen LogP contribution is 2.16. The molecule has 6 heteroatoms. The van der Waals surface area contributed by atoms with Crippen LogP contribution in [0.3, 0.4) is 0 Å². The van der Waals surface area contributed by atoms with Gasteiger partial charge in [0.25, 0.3) is 0 Å². The molecule has 0 amide bonds. The topological polar surface area (TPSA) is 101 Å². The Morgan fingerprint density at radius 3 is 2.41 bits per heavy atom. The van der Waals surface area contributed by atoms with E-state index in [0.717, 1.165) is 12.8 Å². The van der Waals surface area contributed by atoms with Crippen LogP contribution in [0.5, 0.6) is 0 Å². The van der Waals surface area contributed by atoms with Crippen molar-refractivity contribution in [1.29, 1.82) is 0 Å². The Hall–Kier alpha value is -1.63. The minimum atomic E-state index is -0.967. The Labute approximate surface area is 180 Å². The third-order valence-electron chi connectivity index (χ3n) is 4.40. The number of nitrogens with two attached hydrogens (primary N) is 1. The Kier molecular flexibility index (Phi) is 17.4. The second kappa shape index (κ2) is 18.4. The predicted molar refractivity (Wildman–Crippen MR) is 123 cm³/mol. The van der Waals surface area contributed by atoms with E-state index in [-0.39, 0.29) is 24.4 Å². The minimum Gasteiger partial charge on any atom is -0.481 e. The molecular weight excluding hydrogens is 386 g/mol. The molecule has 0 radical (unpaired) electrons. The first-order valence-electron chi connectivity index (χ1n) is 10.4. The van der Waals surface area contributed by atoms with Crippen LogP contribution in [0.1, 0.15) is 58.3 Å². The summed E-state index contributed by atoms with van der Waals surface area (Å²) in [5.74, 6) is -1.80. The highest BCUT2D eigenvalue weighted by Gasteiger charge is 2.27. The number of aliphatic hydroxyl groups is 1. The number of carbonyl (C=O) groups is 2. The van der Waals surface area contributed by atoms with Crippen molar-refractivity contribution in [1.82, 2.24) is 0 Å². The molecule has 0 unspecified atom stereocenters. The van der Waals surface area contributed by atoms with Crippen molar-refractivity contribution in [3.05, 3.63) is 48.6 Å². The fourth-order valence-electron chi connectivity index (χ4n) is 2.67. The summed E-state index contributed by atoms with van der Waals surface area (Å²) in [6.07, 6.45) is 20.6. The van der Waals surface area contributed by atoms with Crippen LogP contribution in [0.15, 0.2) is 48.6 Å². The molecule has 0 aromatic carbocycles. The van der Waals surface area contributed by atoms with Gasteiger partial charge in [-0.05, 0) is 32.1 Å². The number of ketones is 1. The smallest absolute Gasteiger partial charge is 0.303 e. The number of carboxylic acids is 1. The van der Waals surface area contributed by atoms with Gasteiger partial charge in [0.05, 0.1) is 18.1 Å². The molecule has 0 saturated carbocycles. The molecule has 5 nitrogen and oxygen atoms in total. The highest BCUT2D eigenvalue weighted by atomic mass is 32.1. The molecule has 3 atom stereocenters. The molecular formula is C23H37NO4S. The first-order valence-corrected chi connectivity index (χ1v) is 11.0. The lowest BCUT2D eigenvalue weighted by Gasteiger charge is -2.21. The molecule has 0 bridgehead atoms. The van der Waals surface area contributed by atoms with Gasteiger partial charge in [-0.3, -0.25) is 9.59 Å². The van der Waals surface area contributed by atoms with Crippen molar-refractivity contribution >= 4 is 24.4 Å². The normalized spacial score (nSPS) is 15.6.